The van der Waals surface area contributed by atoms with Crippen molar-refractivity contribution in [2.24, 2.45) is 0 Å². The first-order valence-electron chi connectivity index (χ1n) is 0. The van der Waals surface area contributed by atoms with E-state index in [4.69, 9.17) is 0 Å². The van der Waals surface area contributed by atoms with Gasteiger partial charge in [-0.3, -0.25) is 0 Å². The second-order valence-corrected chi connectivity index (χ2v) is 0. The fourth-order valence-electron chi connectivity index (χ4n) is 0. The van der Waals surface area contributed by atoms with E-state index in [-0.39, 0.29) is 127 Å². The molecule has 0 bridgehead atoms. The Labute approximate surface area is 123 Å². The summed E-state index contributed by atoms with van der Waals surface area (Å²) in [7, 11) is 0. The van der Waals surface area contributed by atoms with Gasteiger partial charge >= 0.3 is 0 Å². The van der Waals surface area contributed by atoms with Gasteiger partial charge in [0.15, 0.2) is 17.4 Å². The van der Waals surface area contributed by atoms with E-state index in [1.807, 2.05) is 0 Å². The van der Waals surface area contributed by atoms with Crippen LogP contribution in [-0.2, 0) is 26.2 Å². The summed E-state index contributed by atoms with van der Waals surface area (Å²) in [6, 6.07) is 0. The van der Waals surface area contributed by atoms with Gasteiger partial charge in [0, 0.05) is 110 Å². The molecule has 0 aliphatic rings. The van der Waals surface area contributed by atoms with Crippen molar-refractivity contribution in [1.82, 2.24) is 0 Å². The first kappa shape index (κ1) is 24.2. The van der Waals surface area contributed by atoms with Gasteiger partial charge in [-0.25, -0.2) is 0 Å². The zero-order chi connectivity index (χ0) is 0. The molecular weight excluding hydrogens is 398 g/mol. The zero-order valence-corrected chi connectivity index (χ0v) is 10.2. The number of hydrogen-bond donors (Lipinski definition) is 0. The van der Waals surface area contributed by atoms with Gasteiger partial charge in [0.25, 0.3) is 0 Å². The minimum atomic E-state index is 0. The largest absolute Gasteiger partial charge is 0.187 e. The zero-order valence-electron chi connectivity index (χ0n) is 1.50. The van der Waals surface area contributed by atoms with Crippen molar-refractivity contribution in [3.05, 3.63) is 0 Å². The Bertz CT molecular complexity index is 6.00. The summed E-state index contributed by atoms with van der Waals surface area (Å²) in [5.41, 5.74) is 0. The minimum absolute atomic E-state index is 0. The molecule has 0 fully saturated rings. The van der Waals surface area contributed by atoms with E-state index in [1.54, 1.807) is 0 Å². The first-order chi connectivity index (χ1) is 0. The second-order valence-electron chi connectivity index (χ2n) is 0. The van der Waals surface area contributed by atoms with E-state index in [9.17, 15) is 0 Å². The fourth-order valence-corrected chi connectivity index (χ4v) is 0. The van der Waals surface area contributed by atoms with Crippen LogP contribution in [0, 0.1) is 83.5 Å². The molecule has 0 saturated heterocycles. The predicted octanol–water partition coefficient (Wildman–Crippen LogP) is -1.19. The van der Waals surface area contributed by atoms with Crippen LogP contribution in [0.15, 0.2) is 0 Å². The Morgan fingerprint density at radius 2 is 0.750 bits per heavy atom. The van der Waals surface area contributed by atoms with Gasteiger partial charge in [-0.05, 0) is 0 Å². The maximum Gasteiger partial charge on any atom is 0.187 e. The molecule has 4 heavy (non-hydrogen) atoms. The van der Waals surface area contributed by atoms with Crippen LogP contribution in [0.1, 0.15) is 0 Å². The maximum atomic E-state index is 0. The van der Waals surface area contributed by atoms with Gasteiger partial charge in [0.1, 0.15) is 0 Å². The third-order valence-corrected chi connectivity index (χ3v) is 0. The normalized spacial score (nSPS) is 0. The molecule has 0 aromatic rings. The molecule has 0 aromatic carbocycles. The molecule has 0 spiro atoms. The van der Waals surface area contributed by atoms with Crippen LogP contribution >= 0.6 is 0 Å². The van der Waals surface area contributed by atoms with Crippen LogP contribution in [0.2, 0.25) is 0 Å². The second kappa shape index (κ2) is 15.7. The quantitative estimate of drug-likeness (QED) is 0.448. The van der Waals surface area contributed by atoms with Crippen LogP contribution in [0.5, 0.6) is 0 Å². The smallest absolute Gasteiger partial charge is 0 e. The molecule has 4 heteroatoms. The summed E-state index contributed by atoms with van der Waals surface area (Å²) in [6.45, 7) is 0. The van der Waals surface area contributed by atoms with Gasteiger partial charge in [-0.1, -0.05) is 0 Å². The first-order valence-corrected chi connectivity index (χ1v) is 0. The van der Waals surface area contributed by atoms with Gasteiger partial charge in [0.05, 0.1) is 0 Å². The Morgan fingerprint density at radius 3 is 0.750 bits per heavy atom. The van der Waals surface area contributed by atoms with Crippen molar-refractivity contribution in [2.75, 3.05) is 0 Å². The molecule has 18 valence electrons. The summed E-state index contributed by atoms with van der Waals surface area (Å²) >= 11 is 0. The Balaban J connectivity index is 0. The van der Waals surface area contributed by atoms with E-state index in [0.717, 1.165) is 0 Å². The third-order valence-electron chi connectivity index (χ3n) is 0. The van der Waals surface area contributed by atoms with E-state index in [0.29, 0.717) is 0 Å². The molecule has 0 aliphatic carbocycles. The Morgan fingerprint density at radius 1 is 0.750 bits per heavy atom. The van der Waals surface area contributed by atoms with Gasteiger partial charge in [-0.2, -0.15) is 0 Å². The average Bonchev–Trinajstić information content (AvgIpc) is 0. The van der Waals surface area contributed by atoms with E-state index in [1.165, 1.54) is 0 Å². The monoisotopic (exact) mass is 400 g/mol. The van der Waals surface area contributed by atoms with E-state index < -0.39 is 0 Å². The third kappa shape index (κ3) is 9.48. The van der Waals surface area contributed by atoms with Crippen LogP contribution in [-0.4, -0.2) is 17.4 Å². The maximum absolute atomic E-state index is 0. The number of rotatable bonds is 0. The van der Waals surface area contributed by atoms with Crippen molar-refractivity contribution in [2.45, 2.75) is 0 Å². The van der Waals surface area contributed by atoms with Crippen LogP contribution < -0.4 is 0 Å². The standard InChI is InChI=1S/Al.2Ce.Zr.3H. The summed E-state index contributed by atoms with van der Waals surface area (Å²) in [6.07, 6.45) is 0. The summed E-state index contributed by atoms with van der Waals surface area (Å²) in [5, 5.41) is 0. The van der Waals surface area contributed by atoms with Crippen molar-refractivity contribution < 1.29 is 110 Å². The van der Waals surface area contributed by atoms with Gasteiger partial charge < -0.3 is 0 Å². The average molecular weight is 401 g/mol. The predicted molar refractivity (Wildman–Crippen MR) is 9.94 cm³/mol. The fraction of sp³-hybridized carbons (Fsp3) is 0. The van der Waals surface area contributed by atoms with Crippen molar-refractivity contribution in [3.63, 3.8) is 0 Å². The molecule has 0 N–H and O–H groups in total. The molecule has 0 nitrogen and oxygen atoms in total. The van der Waals surface area contributed by atoms with E-state index in [2.05, 4.69) is 0 Å². The van der Waals surface area contributed by atoms with Crippen molar-refractivity contribution in [3.8, 4) is 0 Å². The molecule has 0 aliphatic heterocycles. The minimum Gasteiger partial charge on any atom is 0 e. The molecule has 0 saturated carbocycles. The SMILES string of the molecule is [AlH3].[Ce].[Ce].[Zr]. The molecule has 0 atom stereocenters. The molecule has 0 rings (SSSR count). The van der Waals surface area contributed by atoms with Gasteiger partial charge in [0.2, 0.25) is 0 Å². The Kier molecular flexibility index (Phi) is 94.8. The Hall–Kier alpha value is 4.17. The molecular formula is H3AlCe2Zr. The van der Waals surface area contributed by atoms with Crippen LogP contribution in [0.3, 0.4) is 0 Å². The summed E-state index contributed by atoms with van der Waals surface area (Å²) in [4.78, 5) is 0. The summed E-state index contributed by atoms with van der Waals surface area (Å²) < 4.78 is 0. The van der Waals surface area contributed by atoms with Crippen molar-refractivity contribution in [1.29, 1.82) is 0 Å². The molecule has 0 heterocycles. The molecule has 0 amide bonds. The van der Waals surface area contributed by atoms with Crippen LogP contribution in [0.4, 0.5) is 0 Å². The topological polar surface area (TPSA) is 0 Å². The summed E-state index contributed by atoms with van der Waals surface area (Å²) in [5.74, 6) is 0. The molecule has 0 radical (unpaired) electrons. The molecule has 0 aromatic heterocycles. The van der Waals surface area contributed by atoms with Crippen LogP contribution in [0.25, 0.3) is 0 Å². The van der Waals surface area contributed by atoms with E-state index >= 15 is 0 Å². The molecule has 0 unspecified atom stereocenters. The van der Waals surface area contributed by atoms with Gasteiger partial charge in [-0.15, -0.1) is 0 Å². The number of hydrogen-bond acceptors (Lipinski definition) is 0. The van der Waals surface area contributed by atoms with Crippen molar-refractivity contribution >= 4 is 17.4 Å².